The van der Waals surface area contributed by atoms with Gasteiger partial charge in [0.2, 0.25) is 5.95 Å². The molecule has 0 aliphatic rings. The Morgan fingerprint density at radius 1 is 1.33 bits per heavy atom. The number of hydrogen-bond donors (Lipinski definition) is 1. The molecule has 0 fully saturated rings. The van der Waals surface area contributed by atoms with Crippen LogP contribution in [-0.4, -0.2) is 31.7 Å². The molecule has 0 bridgehead atoms. The van der Waals surface area contributed by atoms with E-state index < -0.39 is 9.84 Å². The highest BCUT2D eigenvalue weighted by Crippen LogP contribution is 2.05. The molecule has 6 heteroatoms. The van der Waals surface area contributed by atoms with E-state index in [0.29, 0.717) is 5.95 Å². The van der Waals surface area contributed by atoms with Gasteiger partial charge in [0.15, 0.2) is 9.84 Å². The molecule has 0 atom stereocenters. The van der Waals surface area contributed by atoms with Gasteiger partial charge in [-0.3, -0.25) is 0 Å². The monoisotopic (exact) mass is 187 g/mol. The Morgan fingerprint density at radius 2 is 1.83 bits per heavy atom. The lowest BCUT2D eigenvalue weighted by Crippen LogP contribution is -2.01. The molecule has 1 N–H and O–H groups in total. The van der Waals surface area contributed by atoms with Gasteiger partial charge in [0.1, 0.15) is 4.90 Å². The minimum atomic E-state index is -3.18. The maximum atomic E-state index is 10.9. The van der Waals surface area contributed by atoms with E-state index >= 15 is 0 Å². The minimum absolute atomic E-state index is 0.126. The van der Waals surface area contributed by atoms with Crippen LogP contribution in [0.1, 0.15) is 0 Å². The third-order valence-electron chi connectivity index (χ3n) is 1.28. The van der Waals surface area contributed by atoms with Crippen molar-refractivity contribution in [2.45, 2.75) is 4.90 Å². The average Bonchev–Trinajstić information content (AvgIpc) is 2.03. The predicted octanol–water partition coefficient (Wildman–Crippen LogP) is -0.0782. The topological polar surface area (TPSA) is 72.0 Å². The Bertz CT molecular complexity index is 357. The van der Waals surface area contributed by atoms with Gasteiger partial charge in [-0.15, -0.1) is 0 Å². The van der Waals surface area contributed by atoms with Gasteiger partial charge >= 0.3 is 0 Å². The van der Waals surface area contributed by atoms with Gasteiger partial charge < -0.3 is 5.32 Å². The number of nitrogens with one attached hydrogen (secondary N) is 1. The maximum Gasteiger partial charge on any atom is 0.222 e. The molecule has 0 spiro atoms. The van der Waals surface area contributed by atoms with Crippen molar-refractivity contribution in [2.24, 2.45) is 0 Å². The second-order valence-corrected chi connectivity index (χ2v) is 4.28. The smallest absolute Gasteiger partial charge is 0.222 e. The summed E-state index contributed by atoms with van der Waals surface area (Å²) in [5, 5.41) is 2.69. The molecule has 0 unspecified atom stereocenters. The van der Waals surface area contributed by atoms with E-state index in [1.807, 2.05) is 0 Å². The number of anilines is 1. The molecule has 0 aliphatic heterocycles. The fourth-order valence-electron chi connectivity index (χ4n) is 0.637. The van der Waals surface area contributed by atoms with Gasteiger partial charge in [-0.25, -0.2) is 18.4 Å². The molecule has 1 rings (SSSR count). The summed E-state index contributed by atoms with van der Waals surface area (Å²) in [7, 11) is -1.52. The van der Waals surface area contributed by atoms with Crippen molar-refractivity contribution in [2.75, 3.05) is 18.6 Å². The maximum absolute atomic E-state index is 10.9. The average molecular weight is 187 g/mol. The third kappa shape index (κ3) is 1.91. The molecule has 0 aliphatic carbocycles. The van der Waals surface area contributed by atoms with Crippen molar-refractivity contribution in [1.82, 2.24) is 9.97 Å². The summed E-state index contributed by atoms with van der Waals surface area (Å²) < 4.78 is 21.9. The lowest BCUT2D eigenvalue weighted by atomic mass is 10.7. The SMILES string of the molecule is CNc1ncc(S(C)(=O)=O)cn1. The highest BCUT2D eigenvalue weighted by molar-refractivity contribution is 7.90. The number of rotatable bonds is 2. The van der Waals surface area contributed by atoms with Gasteiger partial charge in [0, 0.05) is 13.3 Å². The van der Waals surface area contributed by atoms with Crippen molar-refractivity contribution in [1.29, 1.82) is 0 Å². The number of aromatic nitrogens is 2. The summed E-state index contributed by atoms with van der Waals surface area (Å²) in [5.74, 6) is 0.405. The van der Waals surface area contributed by atoms with Crippen molar-refractivity contribution in [3.05, 3.63) is 12.4 Å². The molecule has 1 heterocycles. The zero-order valence-corrected chi connectivity index (χ0v) is 7.59. The van der Waals surface area contributed by atoms with Crippen LogP contribution in [-0.2, 0) is 9.84 Å². The molecule has 0 amide bonds. The molecule has 0 aromatic carbocycles. The Hall–Kier alpha value is -1.17. The molecular formula is C6H9N3O2S. The normalized spacial score (nSPS) is 11.2. The molecule has 1 aromatic rings. The van der Waals surface area contributed by atoms with Gasteiger partial charge in [-0.1, -0.05) is 0 Å². The van der Waals surface area contributed by atoms with Crippen LogP contribution >= 0.6 is 0 Å². The van der Waals surface area contributed by atoms with E-state index in [9.17, 15) is 8.42 Å². The molecule has 0 radical (unpaired) electrons. The quantitative estimate of drug-likeness (QED) is 0.701. The molecule has 0 saturated heterocycles. The number of sulfone groups is 1. The van der Waals surface area contributed by atoms with Crippen LogP contribution in [0.15, 0.2) is 17.3 Å². The zero-order chi connectivity index (χ0) is 9.19. The Morgan fingerprint density at radius 3 is 2.17 bits per heavy atom. The molecule has 5 nitrogen and oxygen atoms in total. The fraction of sp³-hybridized carbons (Fsp3) is 0.333. The van der Waals surface area contributed by atoms with E-state index in [1.165, 1.54) is 12.4 Å². The first kappa shape index (κ1) is 8.92. The third-order valence-corrected chi connectivity index (χ3v) is 2.35. The van der Waals surface area contributed by atoms with Crippen LogP contribution in [0.5, 0.6) is 0 Å². The molecule has 66 valence electrons. The standard InChI is InChI=1S/C6H9N3O2S/c1-7-6-8-3-5(4-9-6)12(2,10)11/h3-4H,1-2H3,(H,7,8,9). The Kier molecular flexibility index (Phi) is 2.27. The van der Waals surface area contributed by atoms with Crippen molar-refractivity contribution in [3.63, 3.8) is 0 Å². The summed E-state index contributed by atoms with van der Waals surface area (Å²) in [6.07, 6.45) is 3.66. The van der Waals surface area contributed by atoms with E-state index in [-0.39, 0.29) is 4.90 Å². The molecule has 0 saturated carbocycles. The molecular weight excluding hydrogens is 178 g/mol. The predicted molar refractivity (Wildman–Crippen MR) is 44.7 cm³/mol. The van der Waals surface area contributed by atoms with Crippen molar-refractivity contribution in [3.8, 4) is 0 Å². The van der Waals surface area contributed by atoms with Crippen molar-refractivity contribution < 1.29 is 8.42 Å². The summed E-state index contributed by atoms with van der Waals surface area (Å²) in [4.78, 5) is 7.65. The summed E-state index contributed by atoms with van der Waals surface area (Å²) in [5.41, 5.74) is 0. The number of hydrogen-bond acceptors (Lipinski definition) is 5. The van der Waals surface area contributed by atoms with Gasteiger partial charge in [-0.2, -0.15) is 0 Å². The molecule has 1 aromatic heterocycles. The zero-order valence-electron chi connectivity index (χ0n) is 6.77. The second kappa shape index (κ2) is 3.06. The second-order valence-electron chi connectivity index (χ2n) is 2.26. The number of nitrogens with zero attached hydrogens (tertiary/aromatic N) is 2. The van der Waals surface area contributed by atoms with Crippen LogP contribution in [0.25, 0.3) is 0 Å². The van der Waals surface area contributed by atoms with E-state index in [2.05, 4.69) is 15.3 Å². The summed E-state index contributed by atoms with van der Waals surface area (Å²) in [6, 6.07) is 0. The largest absolute Gasteiger partial charge is 0.357 e. The van der Waals surface area contributed by atoms with Gasteiger partial charge in [-0.05, 0) is 0 Å². The van der Waals surface area contributed by atoms with Crippen LogP contribution in [0.4, 0.5) is 5.95 Å². The highest BCUT2D eigenvalue weighted by atomic mass is 32.2. The van der Waals surface area contributed by atoms with Gasteiger partial charge in [0.25, 0.3) is 0 Å². The van der Waals surface area contributed by atoms with E-state index in [4.69, 9.17) is 0 Å². The fourth-order valence-corrected chi connectivity index (χ4v) is 1.13. The van der Waals surface area contributed by atoms with Crippen LogP contribution in [0, 0.1) is 0 Å². The lowest BCUT2D eigenvalue weighted by molar-refractivity contribution is 0.601. The van der Waals surface area contributed by atoms with E-state index in [0.717, 1.165) is 6.26 Å². The Labute approximate surface area is 70.8 Å². The van der Waals surface area contributed by atoms with Gasteiger partial charge in [0.05, 0.1) is 12.4 Å². The minimum Gasteiger partial charge on any atom is -0.357 e. The lowest BCUT2D eigenvalue weighted by Gasteiger charge is -1.98. The van der Waals surface area contributed by atoms with Crippen molar-refractivity contribution >= 4 is 15.8 Å². The van der Waals surface area contributed by atoms with Crippen LogP contribution in [0.2, 0.25) is 0 Å². The Balaban J connectivity index is 3.09. The summed E-state index contributed by atoms with van der Waals surface area (Å²) >= 11 is 0. The van der Waals surface area contributed by atoms with E-state index in [1.54, 1.807) is 7.05 Å². The highest BCUT2D eigenvalue weighted by Gasteiger charge is 2.06. The van der Waals surface area contributed by atoms with Crippen LogP contribution < -0.4 is 5.32 Å². The molecule has 12 heavy (non-hydrogen) atoms. The first-order valence-electron chi connectivity index (χ1n) is 3.24. The first-order valence-corrected chi connectivity index (χ1v) is 5.13. The summed E-state index contributed by atoms with van der Waals surface area (Å²) in [6.45, 7) is 0. The first-order chi connectivity index (χ1) is 5.54. The van der Waals surface area contributed by atoms with Crippen LogP contribution in [0.3, 0.4) is 0 Å².